The highest BCUT2D eigenvalue weighted by atomic mass is 16.4. The molecule has 1 heterocycles. The first-order chi connectivity index (χ1) is 8.82. The minimum absolute atomic E-state index is 0.0504. The van der Waals surface area contributed by atoms with Gasteiger partial charge in [-0.2, -0.15) is 0 Å². The number of carbonyl (C=O) groups is 2. The predicted molar refractivity (Wildman–Crippen MR) is 73.8 cm³/mol. The summed E-state index contributed by atoms with van der Waals surface area (Å²) in [6.45, 7) is 8.46. The van der Waals surface area contributed by atoms with Crippen LogP contribution in [-0.2, 0) is 9.59 Å². The fourth-order valence-electron chi connectivity index (χ4n) is 2.39. The number of rotatable bonds is 7. The molecule has 0 radical (unpaired) electrons. The smallest absolute Gasteiger partial charge is 0.303 e. The van der Waals surface area contributed by atoms with E-state index in [2.05, 4.69) is 17.6 Å². The Balaban J connectivity index is 2.25. The van der Waals surface area contributed by atoms with Crippen LogP contribution < -0.4 is 10.6 Å². The molecule has 5 heteroatoms. The molecule has 1 aliphatic heterocycles. The molecule has 1 amide bonds. The molecule has 2 atom stereocenters. The topological polar surface area (TPSA) is 78.4 Å². The van der Waals surface area contributed by atoms with Crippen LogP contribution in [-0.4, -0.2) is 36.6 Å². The second-order valence-corrected chi connectivity index (χ2v) is 6.34. The van der Waals surface area contributed by atoms with Gasteiger partial charge in [-0.1, -0.05) is 20.8 Å². The van der Waals surface area contributed by atoms with E-state index in [0.717, 1.165) is 19.5 Å². The largest absolute Gasteiger partial charge is 0.481 e. The maximum Gasteiger partial charge on any atom is 0.303 e. The Kier molecular flexibility index (Phi) is 5.79. The van der Waals surface area contributed by atoms with Gasteiger partial charge in [-0.25, -0.2) is 0 Å². The van der Waals surface area contributed by atoms with Crippen molar-refractivity contribution >= 4 is 11.9 Å². The van der Waals surface area contributed by atoms with Gasteiger partial charge >= 0.3 is 5.97 Å². The molecule has 0 aliphatic carbocycles. The maximum absolute atomic E-state index is 12.0. The van der Waals surface area contributed by atoms with Gasteiger partial charge in [-0.15, -0.1) is 0 Å². The quantitative estimate of drug-likeness (QED) is 0.650. The molecule has 0 bridgehead atoms. The minimum atomic E-state index is -0.761. The Labute approximate surface area is 115 Å². The molecule has 0 saturated carbocycles. The van der Waals surface area contributed by atoms with Gasteiger partial charge in [0.15, 0.2) is 0 Å². The van der Waals surface area contributed by atoms with E-state index in [1.807, 2.05) is 13.8 Å². The zero-order chi connectivity index (χ0) is 14.5. The first-order valence-corrected chi connectivity index (χ1v) is 7.02. The molecule has 1 rings (SSSR count). The van der Waals surface area contributed by atoms with Crippen LogP contribution in [0.3, 0.4) is 0 Å². The first-order valence-electron chi connectivity index (χ1n) is 7.02. The monoisotopic (exact) mass is 270 g/mol. The van der Waals surface area contributed by atoms with Crippen molar-refractivity contribution < 1.29 is 14.7 Å². The van der Waals surface area contributed by atoms with Crippen LogP contribution in [0.25, 0.3) is 0 Å². The van der Waals surface area contributed by atoms with Crippen molar-refractivity contribution in [2.45, 2.75) is 40.0 Å². The summed E-state index contributed by atoms with van der Waals surface area (Å²) >= 11 is 0. The molecule has 1 aliphatic rings. The molecule has 1 saturated heterocycles. The number of amides is 1. The SMILES string of the molecule is C[C@@H]1CNC[C@H]1C(=O)NCCC(C)(C)CCC(=O)O. The third-order valence-corrected chi connectivity index (χ3v) is 3.97. The molecule has 3 N–H and O–H groups in total. The summed E-state index contributed by atoms with van der Waals surface area (Å²) < 4.78 is 0. The molecular weight excluding hydrogens is 244 g/mol. The number of carboxylic acids is 1. The van der Waals surface area contributed by atoms with E-state index in [0.29, 0.717) is 18.9 Å². The average molecular weight is 270 g/mol. The minimum Gasteiger partial charge on any atom is -0.481 e. The fourth-order valence-corrected chi connectivity index (χ4v) is 2.39. The number of carboxylic acid groups (broad SMARTS) is 1. The predicted octanol–water partition coefficient (Wildman–Crippen LogP) is 1.24. The summed E-state index contributed by atoms with van der Waals surface area (Å²) in [5, 5.41) is 14.9. The molecule has 0 spiro atoms. The van der Waals surface area contributed by atoms with Gasteiger partial charge < -0.3 is 15.7 Å². The molecule has 0 unspecified atom stereocenters. The highest BCUT2D eigenvalue weighted by molar-refractivity contribution is 5.79. The zero-order valence-electron chi connectivity index (χ0n) is 12.2. The molecule has 19 heavy (non-hydrogen) atoms. The van der Waals surface area contributed by atoms with Gasteiger partial charge in [0.25, 0.3) is 0 Å². The number of aliphatic carboxylic acids is 1. The van der Waals surface area contributed by atoms with E-state index in [1.54, 1.807) is 0 Å². The highest BCUT2D eigenvalue weighted by Gasteiger charge is 2.29. The van der Waals surface area contributed by atoms with Gasteiger partial charge in [0, 0.05) is 19.5 Å². The van der Waals surface area contributed by atoms with Crippen LogP contribution in [0.15, 0.2) is 0 Å². The Morgan fingerprint density at radius 1 is 1.32 bits per heavy atom. The third-order valence-electron chi connectivity index (χ3n) is 3.97. The van der Waals surface area contributed by atoms with E-state index in [4.69, 9.17) is 5.11 Å². The van der Waals surface area contributed by atoms with Crippen LogP contribution in [0.5, 0.6) is 0 Å². The second kappa shape index (κ2) is 6.89. The standard InChI is InChI=1S/C14H26N2O3/c1-10-8-15-9-11(10)13(19)16-7-6-14(2,3)5-4-12(17)18/h10-11,15H,4-9H2,1-3H3,(H,16,19)(H,17,18)/t10-,11-/m1/s1. The van der Waals surface area contributed by atoms with Gasteiger partial charge in [0.1, 0.15) is 0 Å². The Bertz CT molecular complexity index is 329. The van der Waals surface area contributed by atoms with E-state index >= 15 is 0 Å². The lowest BCUT2D eigenvalue weighted by atomic mass is 9.84. The second-order valence-electron chi connectivity index (χ2n) is 6.34. The van der Waals surface area contributed by atoms with Crippen molar-refractivity contribution in [3.63, 3.8) is 0 Å². The number of carbonyl (C=O) groups excluding carboxylic acids is 1. The Hall–Kier alpha value is -1.10. The van der Waals surface area contributed by atoms with Crippen LogP contribution in [0.1, 0.15) is 40.0 Å². The zero-order valence-corrected chi connectivity index (χ0v) is 12.2. The molecule has 5 nitrogen and oxygen atoms in total. The summed E-state index contributed by atoms with van der Waals surface area (Å²) in [5.41, 5.74) is -0.0504. The van der Waals surface area contributed by atoms with Crippen LogP contribution in [0, 0.1) is 17.3 Å². The number of nitrogens with one attached hydrogen (secondary N) is 2. The number of hydrogen-bond donors (Lipinski definition) is 3. The van der Waals surface area contributed by atoms with E-state index in [9.17, 15) is 9.59 Å². The highest BCUT2D eigenvalue weighted by Crippen LogP contribution is 2.26. The molecule has 0 aromatic carbocycles. The van der Waals surface area contributed by atoms with Crippen LogP contribution >= 0.6 is 0 Å². The van der Waals surface area contributed by atoms with E-state index in [1.165, 1.54) is 0 Å². The van der Waals surface area contributed by atoms with Crippen molar-refractivity contribution in [1.29, 1.82) is 0 Å². The normalized spacial score (nSPS) is 23.3. The molecule has 0 aromatic heterocycles. The lowest BCUT2D eigenvalue weighted by molar-refractivity contribution is -0.137. The van der Waals surface area contributed by atoms with Gasteiger partial charge in [0.2, 0.25) is 5.91 Å². The van der Waals surface area contributed by atoms with Crippen molar-refractivity contribution in [3.8, 4) is 0 Å². The van der Waals surface area contributed by atoms with Gasteiger partial charge in [-0.05, 0) is 30.7 Å². The van der Waals surface area contributed by atoms with Crippen molar-refractivity contribution in [3.05, 3.63) is 0 Å². The van der Waals surface area contributed by atoms with Gasteiger partial charge in [-0.3, -0.25) is 9.59 Å². The lowest BCUT2D eigenvalue weighted by Gasteiger charge is -2.24. The third kappa shape index (κ3) is 5.59. The van der Waals surface area contributed by atoms with Gasteiger partial charge in [0.05, 0.1) is 5.92 Å². The maximum atomic E-state index is 12.0. The molecule has 110 valence electrons. The average Bonchev–Trinajstić information content (AvgIpc) is 2.73. The lowest BCUT2D eigenvalue weighted by Crippen LogP contribution is -2.36. The van der Waals surface area contributed by atoms with Crippen molar-refractivity contribution in [1.82, 2.24) is 10.6 Å². The van der Waals surface area contributed by atoms with Crippen LogP contribution in [0.2, 0.25) is 0 Å². The summed E-state index contributed by atoms with van der Waals surface area (Å²) in [6.07, 6.45) is 1.63. The Morgan fingerprint density at radius 3 is 2.53 bits per heavy atom. The van der Waals surface area contributed by atoms with E-state index in [-0.39, 0.29) is 23.7 Å². The summed E-state index contributed by atoms with van der Waals surface area (Å²) in [4.78, 5) is 22.5. The van der Waals surface area contributed by atoms with E-state index < -0.39 is 5.97 Å². The fraction of sp³-hybridized carbons (Fsp3) is 0.857. The Morgan fingerprint density at radius 2 is 2.00 bits per heavy atom. The molecule has 1 fully saturated rings. The number of hydrogen-bond acceptors (Lipinski definition) is 3. The van der Waals surface area contributed by atoms with Crippen LogP contribution in [0.4, 0.5) is 0 Å². The summed E-state index contributed by atoms with van der Waals surface area (Å²) in [5.74, 6) is -0.184. The first kappa shape index (κ1) is 16.0. The molecular formula is C14H26N2O3. The van der Waals surface area contributed by atoms with Crippen molar-refractivity contribution in [2.75, 3.05) is 19.6 Å². The van der Waals surface area contributed by atoms with Crippen molar-refractivity contribution in [2.24, 2.45) is 17.3 Å². The molecule has 0 aromatic rings. The summed E-state index contributed by atoms with van der Waals surface area (Å²) in [6, 6.07) is 0. The summed E-state index contributed by atoms with van der Waals surface area (Å²) in [7, 11) is 0.